The highest BCUT2D eigenvalue weighted by molar-refractivity contribution is 6.09. The van der Waals surface area contributed by atoms with Gasteiger partial charge in [-0.1, -0.05) is 54.6 Å². The molecule has 7 nitrogen and oxygen atoms in total. The van der Waals surface area contributed by atoms with E-state index < -0.39 is 23.4 Å². The Balaban J connectivity index is 1.36. The summed E-state index contributed by atoms with van der Waals surface area (Å²) < 4.78 is 5.78. The van der Waals surface area contributed by atoms with Crippen molar-refractivity contribution in [2.45, 2.75) is 25.3 Å². The van der Waals surface area contributed by atoms with Crippen molar-refractivity contribution in [1.82, 2.24) is 10.2 Å². The third kappa shape index (κ3) is 5.38. The standard InChI is InChI=1S/C26H25N3O4/c1-26(16-15-19-9-4-2-5-10-19)24(31)29(25(32)28-26)18-23(30)27-20-11-8-14-22(17-20)33-21-12-6-3-7-13-21/h2-14,17H,15-16,18H2,1H3,(H,27,30)(H,28,32). The molecular weight excluding hydrogens is 418 g/mol. The van der Waals surface area contributed by atoms with Crippen LogP contribution in [0.2, 0.25) is 0 Å². The predicted molar refractivity (Wildman–Crippen MR) is 125 cm³/mol. The molecule has 1 atom stereocenters. The van der Waals surface area contributed by atoms with Crippen LogP contribution in [0.15, 0.2) is 84.9 Å². The Morgan fingerprint density at radius 3 is 2.33 bits per heavy atom. The number of nitrogens with one attached hydrogen (secondary N) is 2. The third-order valence-electron chi connectivity index (χ3n) is 5.50. The summed E-state index contributed by atoms with van der Waals surface area (Å²) in [5, 5.41) is 5.47. The van der Waals surface area contributed by atoms with Gasteiger partial charge in [0.25, 0.3) is 5.91 Å². The predicted octanol–water partition coefficient (Wildman–Crippen LogP) is 4.36. The minimum atomic E-state index is -1.04. The molecule has 33 heavy (non-hydrogen) atoms. The van der Waals surface area contributed by atoms with E-state index in [1.807, 2.05) is 60.7 Å². The van der Waals surface area contributed by atoms with E-state index in [2.05, 4.69) is 10.6 Å². The lowest BCUT2D eigenvalue weighted by Gasteiger charge is -2.21. The molecular formula is C26H25N3O4. The van der Waals surface area contributed by atoms with Gasteiger partial charge >= 0.3 is 6.03 Å². The summed E-state index contributed by atoms with van der Waals surface area (Å²) in [5.41, 5.74) is 0.540. The number of hydrogen-bond acceptors (Lipinski definition) is 4. The van der Waals surface area contributed by atoms with Gasteiger partial charge in [-0.15, -0.1) is 0 Å². The highest BCUT2D eigenvalue weighted by Gasteiger charge is 2.47. The summed E-state index contributed by atoms with van der Waals surface area (Å²) >= 11 is 0. The number of ether oxygens (including phenoxy) is 1. The molecule has 3 aromatic carbocycles. The lowest BCUT2D eigenvalue weighted by molar-refractivity contribution is -0.133. The topological polar surface area (TPSA) is 87.7 Å². The van der Waals surface area contributed by atoms with Gasteiger partial charge in [0.05, 0.1) is 0 Å². The van der Waals surface area contributed by atoms with Gasteiger partial charge in [-0.2, -0.15) is 0 Å². The molecule has 4 rings (SSSR count). The number of urea groups is 1. The number of amides is 4. The van der Waals surface area contributed by atoms with E-state index in [9.17, 15) is 14.4 Å². The highest BCUT2D eigenvalue weighted by Crippen LogP contribution is 2.25. The van der Waals surface area contributed by atoms with Crippen LogP contribution in [0.5, 0.6) is 11.5 Å². The monoisotopic (exact) mass is 443 g/mol. The average Bonchev–Trinajstić information content (AvgIpc) is 3.02. The third-order valence-corrected chi connectivity index (χ3v) is 5.50. The summed E-state index contributed by atoms with van der Waals surface area (Å²) in [6.07, 6.45) is 1.08. The van der Waals surface area contributed by atoms with E-state index >= 15 is 0 Å². The van der Waals surface area contributed by atoms with Gasteiger partial charge in [0.1, 0.15) is 23.6 Å². The Morgan fingerprint density at radius 2 is 1.61 bits per heavy atom. The Hall–Kier alpha value is -4.13. The second-order valence-corrected chi connectivity index (χ2v) is 8.13. The maximum Gasteiger partial charge on any atom is 0.325 e. The zero-order valence-electron chi connectivity index (χ0n) is 18.3. The fourth-order valence-corrected chi connectivity index (χ4v) is 3.71. The van der Waals surface area contributed by atoms with Gasteiger partial charge in [-0.05, 0) is 49.6 Å². The quantitative estimate of drug-likeness (QED) is 0.507. The number of hydrogen-bond donors (Lipinski definition) is 2. The van der Waals surface area contributed by atoms with Crippen LogP contribution in [0.25, 0.3) is 0 Å². The maximum atomic E-state index is 12.9. The smallest absolute Gasteiger partial charge is 0.325 e. The Kier molecular flexibility index (Phi) is 6.40. The second-order valence-electron chi connectivity index (χ2n) is 8.13. The molecule has 4 amide bonds. The first-order valence-electron chi connectivity index (χ1n) is 10.7. The van der Waals surface area contributed by atoms with Crippen LogP contribution < -0.4 is 15.4 Å². The average molecular weight is 444 g/mol. The molecule has 1 heterocycles. The zero-order chi connectivity index (χ0) is 23.3. The Labute approximate surface area is 192 Å². The van der Waals surface area contributed by atoms with Gasteiger partial charge in [0.2, 0.25) is 5.91 Å². The highest BCUT2D eigenvalue weighted by atomic mass is 16.5. The summed E-state index contributed by atoms with van der Waals surface area (Å²) in [6, 6.07) is 25.4. The van der Waals surface area contributed by atoms with E-state index in [1.54, 1.807) is 31.2 Å². The molecule has 0 radical (unpaired) electrons. The molecule has 0 aliphatic carbocycles. The Bertz CT molecular complexity index is 1150. The van der Waals surface area contributed by atoms with Crippen molar-refractivity contribution < 1.29 is 19.1 Å². The molecule has 168 valence electrons. The van der Waals surface area contributed by atoms with Crippen LogP contribution >= 0.6 is 0 Å². The van der Waals surface area contributed by atoms with Crippen molar-refractivity contribution in [3.63, 3.8) is 0 Å². The first-order chi connectivity index (χ1) is 15.9. The molecule has 1 unspecified atom stereocenters. The van der Waals surface area contributed by atoms with E-state index in [1.165, 1.54) is 0 Å². The van der Waals surface area contributed by atoms with E-state index in [4.69, 9.17) is 4.74 Å². The fourth-order valence-electron chi connectivity index (χ4n) is 3.71. The van der Waals surface area contributed by atoms with Crippen molar-refractivity contribution >= 4 is 23.5 Å². The summed E-state index contributed by atoms with van der Waals surface area (Å²) in [7, 11) is 0. The van der Waals surface area contributed by atoms with Crippen molar-refractivity contribution in [1.29, 1.82) is 0 Å². The molecule has 0 saturated carbocycles. The van der Waals surface area contributed by atoms with E-state index in [-0.39, 0.29) is 6.54 Å². The number of anilines is 1. The van der Waals surface area contributed by atoms with Gasteiger partial charge in [0.15, 0.2) is 0 Å². The van der Waals surface area contributed by atoms with Crippen molar-refractivity contribution in [3.05, 3.63) is 90.5 Å². The van der Waals surface area contributed by atoms with Crippen LogP contribution in [-0.4, -0.2) is 34.8 Å². The summed E-state index contributed by atoms with van der Waals surface area (Å²) in [5.74, 6) is 0.361. The van der Waals surface area contributed by atoms with Crippen LogP contribution in [0.4, 0.5) is 10.5 Å². The largest absolute Gasteiger partial charge is 0.457 e. The van der Waals surface area contributed by atoms with Gasteiger partial charge in [-0.25, -0.2) is 4.79 Å². The van der Waals surface area contributed by atoms with E-state index in [0.717, 1.165) is 10.5 Å². The molecule has 0 aromatic heterocycles. The molecule has 1 aliphatic rings. The summed E-state index contributed by atoms with van der Waals surface area (Å²) in [6.45, 7) is 1.33. The number of rotatable bonds is 8. The molecule has 0 bridgehead atoms. The lowest BCUT2D eigenvalue weighted by atomic mass is 9.93. The molecule has 0 spiro atoms. The Morgan fingerprint density at radius 1 is 0.939 bits per heavy atom. The molecule has 2 N–H and O–H groups in total. The number of nitrogens with zero attached hydrogens (tertiary/aromatic N) is 1. The van der Waals surface area contributed by atoms with Crippen LogP contribution in [0.3, 0.4) is 0 Å². The SMILES string of the molecule is CC1(CCc2ccccc2)NC(=O)N(CC(=O)Nc2cccc(Oc3ccccc3)c2)C1=O. The lowest BCUT2D eigenvalue weighted by Crippen LogP contribution is -2.45. The first-order valence-corrected chi connectivity index (χ1v) is 10.7. The van der Waals surface area contributed by atoms with Gasteiger partial charge in [-0.3, -0.25) is 14.5 Å². The van der Waals surface area contributed by atoms with Crippen molar-refractivity contribution in [2.24, 2.45) is 0 Å². The minimum Gasteiger partial charge on any atom is -0.457 e. The summed E-state index contributed by atoms with van der Waals surface area (Å²) in [4.78, 5) is 39.0. The fraction of sp³-hybridized carbons (Fsp3) is 0.192. The van der Waals surface area contributed by atoms with Crippen LogP contribution in [0.1, 0.15) is 18.9 Å². The molecule has 1 saturated heterocycles. The molecule has 3 aromatic rings. The van der Waals surface area contributed by atoms with Gasteiger partial charge < -0.3 is 15.4 Å². The number of benzene rings is 3. The molecule has 1 fully saturated rings. The van der Waals surface area contributed by atoms with Gasteiger partial charge in [0, 0.05) is 11.8 Å². The first kappa shape index (κ1) is 22.1. The number of imide groups is 1. The van der Waals surface area contributed by atoms with E-state index in [0.29, 0.717) is 30.0 Å². The normalized spacial score (nSPS) is 17.5. The van der Waals surface area contributed by atoms with Crippen molar-refractivity contribution in [2.75, 3.05) is 11.9 Å². The molecule has 1 aliphatic heterocycles. The van der Waals surface area contributed by atoms with Crippen molar-refractivity contribution in [3.8, 4) is 11.5 Å². The number of carbonyl (C=O) groups excluding carboxylic acids is 3. The molecule has 7 heteroatoms. The second kappa shape index (κ2) is 9.56. The maximum absolute atomic E-state index is 12.9. The minimum absolute atomic E-state index is 0.366. The number of aryl methyl sites for hydroxylation is 1. The number of carbonyl (C=O) groups is 3. The zero-order valence-corrected chi connectivity index (χ0v) is 18.3. The van der Waals surface area contributed by atoms with Crippen LogP contribution in [0, 0.1) is 0 Å². The number of para-hydroxylation sites is 1. The van der Waals surface area contributed by atoms with Crippen LogP contribution in [-0.2, 0) is 16.0 Å².